The molecular weight excluding hydrogens is 236 g/mol. The van der Waals surface area contributed by atoms with Gasteiger partial charge in [0, 0.05) is 6.92 Å². The maximum Gasteiger partial charge on any atom is 0.254 e. The van der Waals surface area contributed by atoms with Gasteiger partial charge in [0.15, 0.2) is 23.6 Å². The van der Waals surface area contributed by atoms with Crippen LogP contribution in [0.25, 0.3) is 11.0 Å². The van der Waals surface area contributed by atoms with Crippen molar-refractivity contribution in [2.45, 2.75) is 32.6 Å². The summed E-state index contributed by atoms with van der Waals surface area (Å²) in [6, 6.07) is 7.40. The van der Waals surface area contributed by atoms with E-state index in [9.17, 15) is 0 Å². The van der Waals surface area contributed by atoms with E-state index in [1.165, 1.54) is 0 Å². The number of aliphatic hydroxyl groups is 4. The Balaban J connectivity index is 2.59. The maximum atomic E-state index is 9.11. The smallest absolute Gasteiger partial charge is 0.254 e. The summed E-state index contributed by atoms with van der Waals surface area (Å²) in [5.41, 5.74) is 1.65. The number of para-hydroxylation sites is 2. The van der Waals surface area contributed by atoms with E-state index in [2.05, 4.69) is 0 Å². The SMILES string of the molecule is Cc1n(CC(O)O)c2ccccc2[n+]1CC(O)O. The van der Waals surface area contributed by atoms with Crippen LogP contribution in [0.5, 0.6) is 0 Å². The third kappa shape index (κ3) is 2.37. The molecule has 2 rings (SSSR count). The second-order valence-corrected chi connectivity index (χ2v) is 4.22. The second-order valence-electron chi connectivity index (χ2n) is 4.22. The summed E-state index contributed by atoms with van der Waals surface area (Å²) in [6.07, 6.45) is -2.90. The van der Waals surface area contributed by atoms with E-state index in [1.807, 2.05) is 24.3 Å². The Morgan fingerprint density at radius 1 is 1.11 bits per heavy atom. The summed E-state index contributed by atoms with van der Waals surface area (Å²) in [5, 5.41) is 36.4. The summed E-state index contributed by atoms with van der Waals surface area (Å²) in [4.78, 5) is 0. The number of imidazole rings is 1. The van der Waals surface area contributed by atoms with Crippen LogP contribution in [0, 0.1) is 6.92 Å². The number of fused-ring (bicyclic) bond motifs is 1. The van der Waals surface area contributed by atoms with E-state index in [1.54, 1.807) is 16.1 Å². The van der Waals surface area contributed by atoms with Gasteiger partial charge in [-0.2, -0.15) is 0 Å². The Labute approximate surface area is 104 Å². The largest absolute Gasteiger partial charge is 0.365 e. The van der Waals surface area contributed by atoms with Gasteiger partial charge in [-0.05, 0) is 12.1 Å². The van der Waals surface area contributed by atoms with Gasteiger partial charge in [-0.15, -0.1) is 0 Å². The van der Waals surface area contributed by atoms with Crippen molar-refractivity contribution in [3.63, 3.8) is 0 Å². The second kappa shape index (κ2) is 5.03. The fraction of sp³-hybridized carbons (Fsp3) is 0.417. The topological polar surface area (TPSA) is 89.7 Å². The lowest BCUT2D eigenvalue weighted by Crippen LogP contribution is -2.42. The molecule has 0 unspecified atom stereocenters. The highest BCUT2D eigenvalue weighted by molar-refractivity contribution is 5.72. The number of nitrogens with zero attached hydrogens (tertiary/aromatic N) is 2. The molecule has 0 bridgehead atoms. The molecule has 6 nitrogen and oxygen atoms in total. The van der Waals surface area contributed by atoms with E-state index < -0.39 is 12.6 Å². The third-order valence-electron chi connectivity index (χ3n) is 2.94. The molecule has 6 heteroatoms. The van der Waals surface area contributed by atoms with Gasteiger partial charge in [-0.1, -0.05) is 12.1 Å². The fourth-order valence-corrected chi connectivity index (χ4v) is 2.20. The minimum absolute atomic E-state index is 0.0425. The maximum absolute atomic E-state index is 9.11. The van der Waals surface area contributed by atoms with Gasteiger partial charge in [-0.3, -0.25) is 0 Å². The van der Waals surface area contributed by atoms with Gasteiger partial charge in [0.2, 0.25) is 0 Å². The number of hydrogen-bond donors (Lipinski definition) is 4. The van der Waals surface area contributed by atoms with Crippen LogP contribution >= 0.6 is 0 Å². The Bertz CT molecular complexity index is 501. The first kappa shape index (κ1) is 13.0. The van der Waals surface area contributed by atoms with E-state index in [0.717, 1.165) is 16.9 Å². The summed E-state index contributed by atoms with van der Waals surface area (Å²) >= 11 is 0. The molecule has 0 atom stereocenters. The quantitative estimate of drug-likeness (QED) is 0.409. The standard InChI is InChI=1S/C12H17N2O4/c1-8-13(6-11(15)16)9-4-2-3-5-10(9)14(8)7-12(17)18/h2-5,11-12,15-18H,6-7H2,1H3/q+1. The predicted octanol–water partition coefficient (Wildman–Crippen LogP) is -1.14. The van der Waals surface area contributed by atoms with Crippen LogP contribution < -0.4 is 4.57 Å². The van der Waals surface area contributed by atoms with Crippen molar-refractivity contribution in [3.8, 4) is 0 Å². The highest BCUT2D eigenvalue weighted by atomic mass is 16.5. The Hall–Kier alpha value is -1.47. The van der Waals surface area contributed by atoms with E-state index in [0.29, 0.717) is 0 Å². The van der Waals surface area contributed by atoms with E-state index in [-0.39, 0.29) is 13.1 Å². The molecular formula is C12H17N2O4+. The molecule has 0 saturated carbocycles. The molecule has 4 N–H and O–H groups in total. The van der Waals surface area contributed by atoms with Crippen molar-refractivity contribution in [3.05, 3.63) is 30.1 Å². The van der Waals surface area contributed by atoms with Crippen molar-refractivity contribution >= 4 is 11.0 Å². The van der Waals surface area contributed by atoms with Gasteiger partial charge in [-0.25, -0.2) is 9.13 Å². The van der Waals surface area contributed by atoms with Crippen LogP contribution in [0.2, 0.25) is 0 Å². The van der Waals surface area contributed by atoms with Gasteiger partial charge >= 0.3 is 0 Å². The molecule has 98 valence electrons. The monoisotopic (exact) mass is 253 g/mol. The molecule has 1 heterocycles. The molecule has 0 spiro atoms. The van der Waals surface area contributed by atoms with Crippen LogP contribution in [0.15, 0.2) is 24.3 Å². The molecule has 0 aliphatic rings. The van der Waals surface area contributed by atoms with Crippen molar-refractivity contribution in [1.29, 1.82) is 0 Å². The number of benzene rings is 1. The lowest BCUT2D eigenvalue weighted by Gasteiger charge is -2.04. The highest BCUT2D eigenvalue weighted by Crippen LogP contribution is 2.14. The Morgan fingerprint density at radius 2 is 1.78 bits per heavy atom. The summed E-state index contributed by atoms with van der Waals surface area (Å²) in [7, 11) is 0. The summed E-state index contributed by atoms with van der Waals surface area (Å²) in [5.74, 6) is 0.734. The van der Waals surface area contributed by atoms with Gasteiger partial charge in [0.25, 0.3) is 5.82 Å². The fourth-order valence-electron chi connectivity index (χ4n) is 2.20. The first-order valence-electron chi connectivity index (χ1n) is 5.70. The number of aliphatic hydroxyl groups excluding tert-OH is 2. The highest BCUT2D eigenvalue weighted by Gasteiger charge is 2.23. The molecule has 0 amide bonds. The number of aromatic nitrogens is 2. The molecule has 0 aliphatic heterocycles. The molecule has 0 saturated heterocycles. The first-order valence-corrected chi connectivity index (χ1v) is 5.70. The van der Waals surface area contributed by atoms with Crippen LogP contribution in [0.1, 0.15) is 5.82 Å². The van der Waals surface area contributed by atoms with Gasteiger partial charge in [0.1, 0.15) is 13.1 Å². The third-order valence-corrected chi connectivity index (χ3v) is 2.94. The van der Waals surface area contributed by atoms with Crippen LogP contribution in [-0.2, 0) is 13.1 Å². The molecule has 2 aromatic rings. The molecule has 0 aliphatic carbocycles. The van der Waals surface area contributed by atoms with Crippen LogP contribution in [-0.4, -0.2) is 37.6 Å². The van der Waals surface area contributed by atoms with Crippen molar-refractivity contribution < 1.29 is 25.0 Å². The lowest BCUT2D eigenvalue weighted by molar-refractivity contribution is -0.692. The average molecular weight is 253 g/mol. The zero-order valence-corrected chi connectivity index (χ0v) is 10.1. The van der Waals surface area contributed by atoms with Crippen LogP contribution in [0.3, 0.4) is 0 Å². The molecule has 1 aromatic carbocycles. The minimum Gasteiger partial charge on any atom is -0.365 e. The summed E-state index contributed by atoms with van der Waals surface area (Å²) < 4.78 is 3.48. The first-order chi connectivity index (χ1) is 8.50. The Morgan fingerprint density at radius 3 is 2.39 bits per heavy atom. The Kier molecular flexibility index (Phi) is 3.63. The lowest BCUT2D eigenvalue weighted by atomic mass is 10.3. The number of rotatable bonds is 4. The van der Waals surface area contributed by atoms with Crippen molar-refractivity contribution in [1.82, 2.24) is 4.57 Å². The number of hydrogen-bond acceptors (Lipinski definition) is 4. The molecule has 18 heavy (non-hydrogen) atoms. The zero-order chi connectivity index (χ0) is 13.3. The summed E-state index contributed by atoms with van der Waals surface area (Å²) in [6.45, 7) is 1.88. The molecule has 0 radical (unpaired) electrons. The normalized spacial score (nSPS) is 11.9. The van der Waals surface area contributed by atoms with E-state index >= 15 is 0 Å². The van der Waals surface area contributed by atoms with Gasteiger partial charge < -0.3 is 20.4 Å². The van der Waals surface area contributed by atoms with Crippen molar-refractivity contribution in [2.75, 3.05) is 0 Å². The zero-order valence-electron chi connectivity index (χ0n) is 10.1. The predicted molar refractivity (Wildman–Crippen MR) is 63.3 cm³/mol. The molecule has 0 fully saturated rings. The van der Waals surface area contributed by atoms with Crippen molar-refractivity contribution in [2.24, 2.45) is 0 Å². The molecule has 1 aromatic heterocycles. The van der Waals surface area contributed by atoms with Gasteiger partial charge in [0.05, 0.1) is 0 Å². The average Bonchev–Trinajstić information content (AvgIpc) is 2.54. The minimum atomic E-state index is -1.45. The van der Waals surface area contributed by atoms with Crippen LogP contribution in [0.4, 0.5) is 0 Å². The van der Waals surface area contributed by atoms with E-state index in [4.69, 9.17) is 20.4 Å².